The van der Waals surface area contributed by atoms with E-state index in [-0.39, 0.29) is 30.3 Å². The first-order valence-electron chi connectivity index (χ1n) is 5.79. The zero-order chi connectivity index (χ0) is 16.0. The Morgan fingerprint density at radius 2 is 1.67 bits per heavy atom. The Labute approximate surface area is 119 Å². The second-order valence-electron chi connectivity index (χ2n) is 3.89. The number of aromatic hydroxyl groups is 2. The summed E-state index contributed by atoms with van der Waals surface area (Å²) >= 11 is 0. The minimum atomic E-state index is -0.919. The summed E-state index contributed by atoms with van der Waals surface area (Å²) in [6.07, 6.45) is 0. The number of amidine groups is 1. The molecule has 0 bridgehead atoms. The smallest absolute Gasteiger partial charge is 0.316 e. The molecule has 0 heterocycles. The van der Waals surface area contributed by atoms with Gasteiger partial charge in [0.2, 0.25) is 0 Å². The third-order valence-electron chi connectivity index (χ3n) is 2.26. The highest BCUT2D eigenvalue weighted by atomic mass is 16.3. The van der Waals surface area contributed by atoms with Crippen molar-refractivity contribution < 1.29 is 19.8 Å². The van der Waals surface area contributed by atoms with Gasteiger partial charge in [0.1, 0.15) is 11.5 Å². The van der Waals surface area contributed by atoms with Crippen LogP contribution in [-0.2, 0) is 4.79 Å². The Hall–Kier alpha value is -3.01. The number of nitrogens with one attached hydrogen (secondary N) is 2. The highest BCUT2D eigenvalue weighted by Gasteiger charge is 2.14. The summed E-state index contributed by atoms with van der Waals surface area (Å²) in [4.78, 5) is 26.2. The van der Waals surface area contributed by atoms with E-state index in [1.165, 1.54) is 0 Å². The van der Waals surface area contributed by atoms with Crippen molar-refractivity contribution in [2.75, 3.05) is 23.7 Å². The largest absolute Gasteiger partial charge is 0.506 e. The number of benzene rings is 1. The van der Waals surface area contributed by atoms with Gasteiger partial charge in [-0.15, -0.1) is 0 Å². The number of carbonyl (C=O) groups excluding carboxylic acids is 2. The number of phenols is 2. The summed E-state index contributed by atoms with van der Waals surface area (Å²) in [6.45, 7) is 0.403. The van der Waals surface area contributed by atoms with Crippen LogP contribution in [0.1, 0.15) is 0 Å². The fourth-order valence-corrected chi connectivity index (χ4v) is 1.35. The van der Waals surface area contributed by atoms with E-state index in [4.69, 9.17) is 17.2 Å². The molecule has 0 aliphatic carbocycles. The zero-order valence-corrected chi connectivity index (χ0v) is 11.0. The summed E-state index contributed by atoms with van der Waals surface area (Å²) in [5, 5.41) is 23.6. The molecule has 10 nitrogen and oxygen atoms in total. The first-order chi connectivity index (χ1) is 9.85. The standard InChI is InChI=1S/C11H16N6O4/c12-1-2-15-9(13)10(20)16-5-3-6(17-11(14)21)8(19)4-7(5)18/h3-4,18-19H,1-2,12H2,(H2,13,15)(H,16,20)(H3,14,17,21). The minimum absolute atomic E-state index is 0.0898. The molecule has 1 rings (SSSR count). The van der Waals surface area contributed by atoms with Crippen molar-refractivity contribution in [3.63, 3.8) is 0 Å². The van der Waals surface area contributed by atoms with E-state index in [9.17, 15) is 19.8 Å². The molecule has 1 aromatic carbocycles. The lowest BCUT2D eigenvalue weighted by molar-refractivity contribution is -0.110. The number of aliphatic imine (C=N–C) groups is 1. The van der Waals surface area contributed by atoms with Gasteiger partial charge < -0.3 is 38.0 Å². The number of amides is 3. The lowest BCUT2D eigenvalue weighted by atomic mass is 10.2. The van der Waals surface area contributed by atoms with E-state index >= 15 is 0 Å². The number of hydrogen-bond donors (Lipinski definition) is 7. The molecule has 0 spiro atoms. The molecule has 0 unspecified atom stereocenters. The molecule has 0 aliphatic rings. The molecule has 10 heteroatoms. The maximum absolute atomic E-state index is 11.7. The van der Waals surface area contributed by atoms with Crippen molar-refractivity contribution in [1.29, 1.82) is 0 Å². The lowest BCUT2D eigenvalue weighted by Gasteiger charge is -2.11. The predicted molar refractivity (Wildman–Crippen MR) is 77.2 cm³/mol. The molecule has 114 valence electrons. The predicted octanol–water partition coefficient (Wildman–Crippen LogP) is -1.16. The monoisotopic (exact) mass is 296 g/mol. The number of nitrogens with zero attached hydrogens (tertiary/aromatic N) is 1. The Kier molecular flexibility index (Phi) is 5.31. The average Bonchev–Trinajstić information content (AvgIpc) is 2.40. The molecule has 0 fully saturated rings. The molecule has 0 aromatic heterocycles. The summed E-state index contributed by atoms with van der Waals surface area (Å²) in [7, 11) is 0. The number of primary amides is 1. The molecule has 0 atom stereocenters. The van der Waals surface area contributed by atoms with E-state index < -0.39 is 23.4 Å². The number of rotatable bonds is 4. The maximum Gasteiger partial charge on any atom is 0.316 e. The van der Waals surface area contributed by atoms with Crippen LogP contribution in [0.2, 0.25) is 0 Å². The highest BCUT2D eigenvalue weighted by Crippen LogP contribution is 2.34. The maximum atomic E-state index is 11.7. The molecule has 1 aromatic rings. The van der Waals surface area contributed by atoms with E-state index in [0.29, 0.717) is 0 Å². The van der Waals surface area contributed by atoms with Crippen LogP contribution in [0.15, 0.2) is 17.1 Å². The summed E-state index contributed by atoms with van der Waals surface area (Å²) in [6, 6.07) is 1.12. The Morgan fingerprint density at radius 3 is 2.19 bits per heavy atom. The molecule has 21 heavy (non-hydrogen) atoms. The first-order valence-corrected chi connectivity index (χ1v) is 5.79. The van der Waals surface area contributed by atoms with Crippen molar-refractivity contribution in [3.05, 3.63) is 12.1 Å². The van der Waals surface area contributed by atoms with Gasteiger partial charge in [-0.1, -0.05) is 0 Å². The molecular weight excluding hydrogens is 280 g/mol. The SMILES string of the molecule is NCCN=C(N)C(=O)Nc1cc(NC(N)=O)c(O)cc1O. The van der Waals surface area contributed by atoms with E-state index in [2.05, 4.69) is 15.6 Å². The van der Waals surface area contributed by atoms with Crippen molar-refractivity contribution in [3.8, 4) is 11.5 Å². The van der Waals surface area contributed by atoms with Gasteiger partial charge in [-0.05, 0) is 6.07 Å². The Bertz CT molecular complexity index is 586. The molecular formula is C11H16N6O4. The van der Waals surface area contributed by atoms with Crippen LogP contribution in [0.4, 0.5) is 16.2 Å². The number of anilines is 2. The van der Waals surface area contributed by atoms with Crippen LogP contribution in [0.25, 0.3) is 0 Å². The first kappa shape index (κ1) is 16.0. The highest BCUT2D eigenvalue weighted by molar-refractivity contribution is 6.41. The number of hydrogen-bond acceptors (Lipinski definition) is 6. The fourth-order valence-electron chi connectivity index (χ4n) is 1.35. The molecule has 3 amide bonds. The lowest BCUT2D eigenvalue weighted by Crippen LogP contribution is -2.31. The van der Waals surface area contributed by atoms with E-state index in [0.717, 1.165) is 12.1 Å². The van der Waals surface area contributed by atoms with Crippen molar-refractivity contribution in [2.45, 2.75) is 0 Å². The van der Waals surface area contributed by atoms with Gasteiger partial charge in [0.05, 0.1) is 17.9 Å². The van der Waals surface area contributed by atoms with Gasteiger partial charge in [-0.25, -0.2) is 4.79 Å². The fraction of sp³-hybridized carbons (Fsp3) is 0.182. The van der Waals surface area contributed by atoms with Gasteiger partial charge in [0.25, 0.3) is 5.91 Å². The van der Waals surface area contributed by atoms with E-state index in [1.807, 2.05) is 0 Å². The second-order valence-corrected chi connectivity index (χ2v) is 3.89. The van der Waals surface area contributed by atoms with E-state index in [1.54, 1.807) is 0 Å². The molecule has 10 N–H and O–H groups in total. The number of nitrogens with two attached hydrogens (primary N) is 3. The number of urea groups is 1. The molecule has 0 aliphatic heterocycles. The quantitative estimate of drug-likeness (QED) is 0.159. The topological polar surface area (TPSA) is 189 Å². The van der Waals surface area contributed by atoms with Crippen LogP contribution in [-0.4, -0.2) is 41.1 Å². The summed E-state index contributed by atoms with van der Waals surface area (Å²) < 4.78 is 0. The van der Waals surface area contributed by atoms with Gasteiger partial charge in [0, 0.05) is 12.6 Å². The number of carbonyl (C=O) groups is 2. The van der Waals surface area contributed by atoms with Crippen molar-refractivity contribution >= 4 is 29.1 Å². The van der Waals surface area contributed by atoms with Gasteiger partial charge >= 0.3 is 6.03 Å². The Balaban J connectivity index is 2.97. The number of phenolic OH excluding ortho intramolecular Hbond substituents is 2. The minimum Gasteiger partial charge on any atom is -0.506 e. The van der Waals surface area contributed by atoms with Crippen LogP contribution < -0.4 is 27.8 Å². The molecule has 0 radical (unpaired) electrons. The van der Waals surface area contributed by atoms with Crippen LogP contribution in [0.5, 0.6) is 11.5 Å². The normalized spacial score (nSPS) is 11.0. The van der Waals surface area contributed by atoms with Gasteiger partial charge in [-0.2, -0.15) is 0 Å². The van der Waals surface area contributed by atoms with Crippen LogP contribution >= 0.6 is 0 Å². The second kappa shape index (κ2) is 6.96. The Morgan fingerprint density at radius 1 is 1.10 bits per heavy atom. The third-order valence-corrected chi connectivity index (χ3v) is 2.26. The van der Waals surface area contributed by atoms with Crippen LogP contribution in [0, 0.1) is 0 Å². The van der Waals surface area contributed by atoms with Crippen LogP contribution in [0.3, 0.4) is 0 Å². The van der Waals surface area contributed by atoms with Crippen molar-refractivity contribution in [1.82, 2.24) is 0 Å². The average molecular weight is 296 g/mol. The van der Waals surface area contributed by atoms with Crippen molar-refractivity contribution in [2.24, 2.45) is 22.2 Å². The third kappa shape index (κ3) is 4.54. The van der Waals surface area contributed by atoms with Gasteiger partial charge in [-0.3, -0.25) is 9.79 Å². The molecule has 0 saturated heterocycles. The zero-order valence-electron chi connectivity index (χ0n) is 11.0. The molecule has 0 saturated carbocycles. The summed E-state index contributed by atoms with van der Waals surface area (Å²) in [5.41, 5.74) is 15.4. The van der Waals surface area contributed by atoms with Gasteiger partial charge in [0.15, 0.2) is 5.84 Å². The summed E-state index contributed by atoms with van der Waals surface area (Å²) in [5.74, 6) is -1.94.